The fourth-order valence-corrected chi connectivity index (χ4v) is 6.85. The maximum Gasteiger partial charge on any atom is 0.408 e. The third-order valence-electron chi connectivity index (χ3n) is 9.44. The van der Waals surface area contributed by atoms with Gasteiger partial charge in [-0.15, -0.1) is 0 Å². The van der Waals surface area contributed by atoms with Crippen LogP contribution in [0.4, 0.5) is 9.59 Å². The highest BCUT2D eigenvalue weighted by Gasteiger charge is 2.39. The Labute approximate surface area is 334 Å². The van der Waals surface area contributed by atoms with Crippen molar-refractivity contribution in [3.05, 3.63) is 89.0 Å². The lowest BCUT2D eigenvalue weighted by molar-refractivity contribution is -0.140. The van der Waals surface area contributed by atoms with Gasteiger partial charge >= 0.3 is 12.2 Å². The average molecular weight is 782 g/mol. The fourth-order valence-electron chi connectivity index (χ4n) is 6.85. The molecule has 0 bridgehead atoms. The summed E-state index contributed by atoms with van der Waals surface area (Å²) in [6.07, 6.45) is 3.65. The molecular weight excluding hydrogens is 727 g/mol. The molecule has 2 saturated heterocycles. The summed E-state index contributed by atoms with van der Waals surface area (Å²) in [5.41, 5.74) is 1.62. The molecule has 0 saturated carbocycles. The molecule has 0 aliphatic carbocycles. The number of carbonyl (C=O) groups excluding carboxylic acids is 5. The number of rotatable bonds is 10. The lowest BCUT2D eigenvalue weighted by Gasteiger charge is -2.29. The molecule has 5 amide bonds. The third-order valence-corrected chi connectivity index (χ3v) is 9.44. The highest BCUT2D eigenvalue weighted by Crippen LogP contribution is 2.31. The number of carbonyl (C=O) groups is 5. The number of nitrogens with zero attached hydrogens (tertiary/aromatic N) is 3. The van der Waals surface area contributed by atoms with Gasteiger partial charge in [-0.05, 0) is 110 Å². The summed E-state index contributed by atoms with van der Waals surface area (Å²) in [6, 6.07) is 14.1. The monoisotopic (exact) mass is 781 g/mol. The zero-order chi connectivity index (χ0) is 41.3. The molecule has 0 unspecified atom stereocenters. The lowest BCUT2D eigenvalue weighted by Crippen LogP contribution is -2.50. The van der Waals surface area contributed by atoms with E-state index >= 15 is 0 Å². The Bertz CT molecular complexity index is 1950. The van der Waals surface area contributed by atoms with E-state index in [1.807, 2.05) is 30.3 Å². The third kappa shape index (κ3) is 12.1. The highest BCUT2D eigenvalue weighted by atomic mass is 16.6. The molecule has 5 rings (SSSR count). The van der Waals surface area contributed by atoms with Gasteiger partial charge in [-0.25, -0.2) is 14.6 Å². The molecule has 14 heteroatoms. The molecule has 57 heavy (non-hydrogen) atoms. The van der Waals surface area contributed by atoms with Gasteiger partial charge in [0.1, 0.15) is 40.8 Å². The Balaban J connectivity index is 1.12. The summed E-state index contributed by atoms with van der Waals surface area (Å²) in [6.45, 7) is 13.6. The molecule has 2 fully saturated rings. The number of likely N-dealkylation sites (tertiary alicyclic amines) is 2. The van der Waals surface area contributed by atoms with Crippen LogP contribution >= 0.6 is 0 Å². The summed E-state index contributed by atoms with van der Waals surface area (Å²) in [5.74, 6) is 6.11. The minimum absolute atomic E-state index is 0.204. The maximum atomic E-state index is 13.8. The number of H-pyrrole nitrogens is 1. The second kappa shape index (κ2) is 18.4. The van der Waals surface area contributed by atoms with E-state index in [0.717, 1.165) is 24.0 Å². The van der Waals surface area contributed by atoms with Crippen molar-refractivity contribution in [2.24, 2.45) is 0 Å². The van der Waals surface area contributed by atoms with Crippen LogP contribution in [0.5, 0.6) is 0 Å². The van der Waals surface area contributed by atoms with Crippen LogP contribution in [0, 0.1) is 11.8 Å². The number of hydrogen-bond acceptors (Lipinski definition) is 8. The molecule has 3 heterocycles. The summed E-state index contributed by atoms with van der Waals surface area (Å²) < 4.78 is 10.7. The summed E-state index contributed by atoms with van der Waals surface area (Å²) in [5, 5.41) is 8.35. The van der Waals surface area contributed by atoms with Gasteiger partial charge in [0.05, 0.1) is 12.2 Å². The molecule has 0 spiro atoms. The number of nitrogens with one attached hydrogen (secondary N) is 4. The molecule has 4 atom stereocenters. The molecule has 2 aliphatic rings. The van der Waals surface area contributed by atoms with Crippen LogP contribution in [-0.2, 0) is 30.3 Å². The first-order valence-corrected chi connectivity index (χ1v) is 19.6. The van der Waals surface area contributed by atoms with Crippen molar-refractivity contribution >= 4 is 29.9 Å². The smallest absolute Gasteiger partial charge is 0.408 e. The minimum Gasteiger partial charge on any atom is -0.444 e. The minimum atomic E-state index is -0.995. The van der Waals surface area contributed by atoms with Crippen molar-refractivity contribution in [1.29, 1.82) is 0 Å². The molecule has 0 radical (unpaired) electrons. The fraction of sp³-hybridized carbons (Fsp3) is 0.488. The van der Waals surface area contributed by atoms with Crippen molar-refractivity contribution in [2.75, 3.05) is 19.6 Å². The second-order valence-corrected chi connectivity index (χ2v) is 16.4. The van der Waals surface area contributed by atoms with Gasteiger partial charge in [-0.2, -0.15) is 0 Å². The van der Waals surface area contributed by atoms with E-state index in [1.54, 1.807) is 88.7 Å². The zero-order valence-corrected chi connectivity index (χ0v) is 33.9. The SMILES string of the molecule is C[C@@H](NC(=O)OC(C)(C)C)C(=O)N1CCC[C@H]1c1ncc(C#Cc2ccc(CCNC(=O)[C@@H]3CCCN3C(=O)[C@H](NC(=O)OC(C)(C)C)c3ccccc3)cc2)[nH]1. The molecule has 2 aromatic carbocycles. The van der Waals surface area contributed by atoms with E-state index in [9.17, 15) is 24.0 Å². The Morgan fingerprint density at radius 1 is 0.825 bits per heavy atom. The number of aromatic nitrogens is 2. The standard InChI is InChI=1S/C43H55N7O7/c1-28(46-40(54)56-42(2,3)4)38(52)49-25-11-15-33(49)36-45-27-32(47-36)22-21-29-17-19-30(20-18-29)23-24-44-37(51)34-16-12-26-50(34)39(53)35(31-13-9-8-10-14-31)48-41(55)57-43(5,6)7/h8-10,13-14,17-20,27-28,33-35H,11-12,15-16,23-26H2,1-7H3,(H,44,51)(H,45,47)(H,46,54)(H,48,55)/t28-,33+,34+,35-/m1/s1. The first-order valence-electron chi connectivity index (χ1n) is 19.6. The van der Waals surface area contributed by atoms with Crippen molar-refractivity contribution in [3.63, 3.8) is 0 Å². The predicted octanol–water partition coefficient (Wildman–Crippen LogP) is 5.30. The van der Waals surface area contributed by atoms with Crippen molar-refractivity contribution in [3.8, 4) is 11.8 Å². The highest BCUT2D eigenvalue weighted by molar-refractivity contribution is 5.92. The van der Waals surface area contributed by atoms with Crippen LogP contribution in [-0.4, -0.2) is 92.6 Å². The summed E-state index contributed by atoms with van der Waals surface area (Å²) in [4.78, 5) is 76.4. The molecule has 3 aromatic rings. The molecule has 2 aliphatic heterocycles. The van der Waals surface area contributed by atoms with Gasteiger partial charge in [0.2, 0.25) is 11.8 Å². The van der Waals surface area contributed by atoms with Gasteiger partial charge in [0, 0.05) is 25.2 Å². The predicted molar refractivity (Wildman–Crippen MR) is 214 cm³/mol. The largest absolute Gasteiger partial charge is 0.444 e. The number of alkyl carbamates (subject to hydrolysis) is 2. The number of benzene rings is 2. The number of aromatic amines is 1. The Morgan fingerprint density at radius 2 is 1.46 bits per heavy atom. The first-order chi connectivity index (χ1) is 27.0. The topological polar surface area (TPSA) is 175 Å². The number of imidazole rings is 1. The van der Waals surface area contributed by atoms with E-state index in [4.69, 9.17) is 9.47 Å². The van der Waals surface area contributed by atoms with Crippen LogP contribution in [0.25, 0.3) is 0 Å². The van der Waals surface area contributed by atoms with Crippen molar-refractivity contribution in [2.45, 2.75) is 116 Å². The van der Waals surface area contributed by atoms with Gasteiger partial charge in [-0.1, -0.05) is 48.4 Å². The van der Waals surface area contributed by atoms with Gasteiger partial charge < -0.3 is 40.2 Å². The molecule has 14 nitrogen and oxygen atoms in total. The second-order valence-electron chi connectivity index (χ2n) is 16.4. The van der Waals surface area contributed by atoms with E-state index in [2.05, 4.69) is 37.8 Å². The number of amides is 5. The maximum absolute atomic E-state index is 13.8. The molecule has 1 aromatic heterocycles. The average Bonchev–Trinajstić information content (AvgIpc) is 3.93. The zero-order valence-electron chi connectivity index (χ0n) is 33.9. The van der Waals surface area contributed by atoms with Gasteiger partial charge in [-0.3, -0.25) is 14.4 Å². The quantitative estimate of drug-likeness (QED) is 0.201. The lowest BCUT2D eigenvalue weighted by atomic mass is 10.0. The van der Waals surface area contributed by atoms with Gasteiger partial charge in [0.25, 0.3) is 5.91 Å². The normalized spacial score (nSPS) is 17.8. The van der Waals surface area contributed by atoms with Crippen LogP contribution in [0.1, 0.15) is 114 Å². The summed E-state index contributed by atoms with van der Waals surface area (Å²) >= 11 is 0. The molecular formula is C43H55N7O7. The Morgan fingerprint density at radius 3 is 2.12 bits per heavy atom. The Kier molecular flexibility index (Phi) is 13.7. The van der Waals surface area contributed by atoms with Crippen LogP contribution in [0.3, 0.4) is 0 Å². The van der Waals surface area contributed by atoms with E-state index in [1.165, 1.54) is 0 Å². The summed E-state index contributed by atoms with van der Waals surface area (Å²) in [7, 11) is 0. The van der Waals surface area contributed by atoms with Crippen molar-refractivity contribution < 1.29 is 33.4 Å². The number of hydrogen-bond donors (Lipinski definition) is 4. The first kappa shape index (κ1) is 42.3. The van der Waals surface area contributed by atoms with E-state index in [0.29, 0.717) is 56.0 Å². The number of ether oxygens (including phenoxy) is 2. The Hall–Kier alpha value is -5.84. The molecule has 304 valence electrons. The molecule has 4 N–H and O–H groups in total. The van der Waals surface area contributed by atoms with Crippen molar-refractivity contribution in [1.82, 2.24) is 35.7 Å². The van der Waals surface area contributed by atoms with E-state index in [-0.39, 0.29) is 23.8 Å². The van der Waals surface area contributed by atoms with Crippen LogP contribution in [0.2, 0.25) is 0 Å². The van der Waals surface area contributed by atoms with Crippen LogP contribution < -0.4 is 16.0 Å². The van der Waals surface area contributed by atoms with Gasteiger partial charge in [0.15, 0.2) is 0 Å². The van der Waals surface area contributed by atoms with Crippen LogP contribution in [0.15, 0.2) is 60.8 Å². The van der Waals surface area contributed by atoms with E-state index < -0.39 is 41.5 Å².